The van der Waals surface area contributed by atoms with Gasteiger partial charge in [0, 0.05) is 25.8 Å². The quantitative estimate of drug-likeness (QED) is 0.893. The maximum Gasteiger partial charge on any atom is 0.128 e. The van der Waals surface area contributed by atoms with Gasteiger partial charge in [0.2, 0.25) is 0 Å². The van der Waals surface area contributed by atoms with Crippen molar-refractivity contribution in [3.8, 4) is 0 Å². The number of rotatable bonds is 5. The van der Waals surface area contributed by atoms with Gasteiger partial charge in [-0.1, -0.05) is 30.3 Å². The first-order valence-corrected chi connectivity index (χ1v) is 6.69. The standard InChI is InChI=1S/C16H21N3/c1-3-19(12-15-7-5-4-6-13(15)2)16-9-8-14(10-17)11-18-16/h4-9,11H,3,10,12,17H2,1-2H3. The van der Waals surface area contributed by atoms with E-state index < -0.39 is 0 Å². The van der Waals surface area contributed by atoms with Crippen LogP contribution in [0.25, 0.3) is 0 Å². The van der Waals surface area contributed by atoms with Gasteiger partial charge in [-0.2, -0.15) is 0 Å². The Labute approximate surface area is 115 Å². The lowest BCUT2D eigenvalue weighted by atomic mass is 10.1. The largest absolute Gasteiger partial charge is 0.353 e. The summed E-state index contributed by atoms with van der Waals surface area (Å²) in [5.74, 6) is 1.00. The zero-order chi connectivity index (χ0) is 13.7. The molecule has 19 heavy (non-hydrogen) atoms. The first-order chi connectivity index (χ1) is 9.24. The summed E-state index contributed by atoms with van der Waals surface area (Å²) in [6, 6.07) is 12.6. The number of aromatic nitrogens is 1. The van der Waals surface area contributed by atoms with Crippen molar-refractivity contribution >= 4 is 5.82 Å². The summed E-state index contributed by atoms with van der Waals surface area (Å²) >= 11 is 0. The number of anilines is 1. The van der Waals surface area contributed by atoms with E-state index in [-0.39, 0.29) is 0 Å². The lowest BCUT2D eigenvalue weighted by Crippen LogP contribution is -2.23. The highest BCUT2D eigenvalue weighted by molar-refractivity contribution is 5.41. The van der Waals surface area contributed by atoms with Crippen LogP contribution in [0.5, 0.6) is 0 Å². The van der Waals surface area contributed by atoms with Crippen LogP contribution >= 0.6 is 0 Å². The van der Waals surface area contributed by atoms with Crippen molar-refractivity contribution < 1.29 is 0 Å². The molecule has 0 atom stereocenters. The van der Waals surface area contributed by atoms with E-state index in [1.54, 1.807) is 0 Å². The summed E-state index contributed by atoms with van der Waals surface area (Å²) in [6.45, 7) is 6.66. The van der Waals surface area contributed by atoms with Gasteiger partial charge < -0.3 is 10.6 Å². The van der Waals surface area contributed by atoms with Crippen LogP contribution in [0.3, 0.4) is 0 Å². The Morgan fingerprint density at radius 1 is 1.16 bits per heavy atom. The third-order valence-corrected chi connectivity index (χ3v) is 3.37. The number of aryl methyl sites for hydroxylation is 1. The zero-order valence-corrected chi connectivity index (χ0v) is 11.6. The van der Waals surface area contributed by atoms with Gasteiger partial charge in [-0.25, -0.2) is 4.98 Å². The Bertz CT molecular complexity index is 520. The third kappa shape index (κ3) is 3.32. The minimum Gasteiger partial charge on any atom is -0.353 e. The molecular formula is C16H21N3. The molecule has 0 aliphatic heterocycles. The Balaban J connectivity index is 2.17. The fourth-order valence-electron chi connectivity index (χ4n) is 2.07. The molecule has 0 unspecified atom stereocenters. The molecule has 0 fully saturated rings. The second-order valence-electron chi connectivity index (χ2n) is 4.67. The van der Waals surface area contributed by atoms with Crippen molar-refractivity contribution in [3.05, 3.63) is 59.3 Å². The summed E-state index contributed by atoms with van der Waals surface area (Å²) in [7, 11) is 0. The molecule has 1 heterocycles. The lowest BCUT2D eigenvalue weighted by Gasteiger charge is -2.23. The van der Waals surface area contributed by atoms with Crippen LogP contribution in [0.1, 0.15) is 23.6 Å². The minimum absolute atomic E-state index is 0.539. The SMILES string of the molecule is CCN(Cc1ccccc1C)c1ccc(CN)cn1. The second kappa shape index (κ2) is 6.34. The van der Waals surface area contributed by atoms with E-state index in [2.05, 4.69) is 48.0 Å². The molecule has 0 aliphatic rings. The van der Waals surface area contributed by atoms with Gasteiger partial charge in [0.1, 0.15) is 5.82 Å². The van der Waals surface area contributed by atoms with Crippen LogP contribution in [0.4, 0.5) is 5.82 Å². The van der Waals surface area contributed by atoms with Gasteiger partial charge in [-0.3, -0.25) is 0 Å². The average Bonchev–Trinajstić information content (AvgIpc) is 2.47. The van der Waals surface area contributed by atoms with Gasteiger partial charge >= 0.3 is 0 Å². The van der Waals surface area contributed by atoms with Gasteiger partial charge in [-0.15, -0.1) is 0 Å². The Morgan fingerprint density at radius 2 is 1.95 bits per heavy atom. The predicted octanol–water partition coefficient (Wildman–Crippen LogP) is 2.88. The third-order valence-electron chi connectivity index (χ3n) is 3.37. The maximum absolute atomic E-state index is 5.60. The molecule has 0 amide bonds. The molecule has 0 spiro atoms. The number of hydrogen-bond acceptors (Lipinski definition) is 3. The molecule has 0 saturated carbocycles. The van der Waals surface area contributed by atoms with Gasteiger partial charge in [0.15, 0.2) is 0 Å². The van der Waals surface area contributed by atoms with Crippen molar-refractivity contribution in [2.75, 3.05) is 11.4 Å². The number of hydrogen-bond donors (Lipinski definition) is 1. The first kappa shape index (κ1) is 13.6. The predicted molar refractivity (Wildman–Crippen MR) is 80.0 cm³/mol. The van der Waals surface area contributed by atoms with E-state index in [0.717, 1.165) is 24.5 Å². The highest BCUT2D eigenvalue weighted by atomic mass is 15.2. The Kier molecular flexibility index (Phi) is 4.53. The van der Waals surface area contributed by atoms with E-state index in [4.69, 9.17) is 5.73 Å². The fraction of sp³-hybridized carbons (Fsp3) is 0.312. The lowest BCUT2D eigenvalue weighted by molar-refractivity contribution is 0.808. The van der Waals surface area contributed by atoms with Crippen molar-refractivity contribution in [2.24, 2.45) is 5.73 Å². The summed E-state index contributed by atoms with van der Waals surface area (Å²) < 4.78 is 0. The summed E-state index contributed by atoms with van der Waals surface area (Å²) in [5, 5.41) is 0. The van der Waals surface area contributed by atoms with Crippen LogP contribution in [0.2, 0.25) is 0 Å². The second-order valence-corrected chi connectivity index (χ2v) is 4.67. The molecule has 2 rings (SSSR count). The highest BCUT2D eigenvalue weighted by Gasteiger charge is 2.07. The van der Waals surface area contributed by atoms with Crippen LogP contribution in [-0.4, -0.2) is 11.5 Å². The van der Waals surface area contributed by atoms with Gasteiger partial charge in [0.05, 0.1) is 0 Å². The molecule has 3 heteroatoms. The molecule has 3 nitrogen and oxygen atoms in total. The first-order valence-electron chi connectivity index (χ1n) is 6.69. The van der Waals surface area contributed by atoms with E-state index in [1.165, 1.54) is 11.1 Å². The molecule has 100 valence electrons. The number of nitrogens with zero attached hydrogens (tertiary/aromatic N) is 2. The van der Waals surface area contributed by atoms with Crippen molar-refractivity contribution in [1.29, 1.82) is 0 Å². The van der Waals surface area contributed by atoms with Crippen molar-refractivity contribution in [2.45, 2.75) is 26.9 Å². The average molecular weight is 255 g/mol. The normalized spacial score (nSPS) is 10.5. The molecule has 0 saturated heterocycles. The van der Waals surface area contributed by atoms with E-state index in [9.17, 15) is 0 Å². The van der Waals surface area contributed by atoms with Crippen LogP contribution in [-0.2, 0) is 13.1 Å². The van der Waals surface area contributed by atoms with Crippen LogP contribution in [0.15, 0.2) is 42.6 Å². The number of benzene rings is 1. The molecular weight excluding hydrogens is 234 g/mol. The summed E-state index contributed by atoms with van der Waals surface area (Å²) in [5.41, 5.74) is 9.32. The van der Waals surface area contributed by atoms with Crippen molar-refractivity contribution in [1.82, 2.24) is 4.98 Å². The summed E-state index contributed by atoms with van der Waals surface area (Å²) in [6.07, 6.45) is 1.86. The Hall–Kier alpha value is -1.87. The maximum atomic E-state index is 5.60. The monoisotopic (exact) mass is 255 g/mol. The fourth-order valence-corrected chi connectivity index (χ4v) is 2.07. The highest BCUT2D eigenvalue weighted by Crippen LogP contribution is 2.16. The molecule has 0 radical (unpaired) electrons. The molecule has 0 aliphatic carbocycles. The van der Waals surface area contributed by atoms with E-state index in [1.807, 2.05) is 18.3 Å². The Morgan fingerprint density at radius 3 is 2.53 bits per heavy atom. The molecule has 2 N–H and O–H groups in total. The summed E-state index contributed by atoms with van der Waals surface area (Å²) in [4.78, 5) is 6.76. The molecule has 1 aromatic heterocycles. The van der Waals surface area contributed by atoms with Gasteiger partial charge in [-0.05, 0) is 36.6 Å². The van der Waals surface area contributed by atoms with E-state index in [0.29, 0.717) is 6.54 Å². The number of nitrogens with two attached hydrogens (primary N) is 1. The molecule has 0 bridgehead atoms. The van der Waals surface area contributed by atoms with Crippen molar-refractivity contribution in [3.63, 3.8) is 0 Å². The number of pyridine rings is 1. The molecule has 2 aromatic rings. The topological polar surface area (TPSA) is 42.1 Å². The van der Waals surface area contributed by atoms with Crippen LogP contribution < -0.4 is 10.6 Å². The van der Waals surface area contributed by atoms with E-state index >= 15 is 0 Å². The molecule has 1 aromatic carbocycles. The smallest absolute Gasteiger partial charge is 0.128 e. The van der Waals surface area contributed by atoms with Crippen LogP contribution in [0, 0.1) is 6.92 Å². The minimum atomic E-state index is 0.539. The van der Waals surface area contributed by atoms with Gasteiger partial charge in [0.25, 0.3) is 0 Å². The zero-order valence-electron chi connectivity index (χ0n) is 11.6.